The number of hydrogen-bond acceptors (Lipinski definition) is 2. The summed E-state index contributed by atoms with van der Waals surface area (Å²) >= 11 is 0. The summed E-state index contributed by atoms with van der Waals surface area (Å²) in [4.78, 5) is 17.4. The fraction of sp³-hybridized carbons (Fsp3) is 0.238. The number of benzene rings is 2. The second-order valence-electron chi connectivity index (χ2n) is 6.58. The summed E-state index contributed by atoms with van der Waals surface area (Å²) in [5, 5.41) is 0. The first kappa shape index (κ1) is 15.6. The molecule has 0 aliphatic carbocycles. The lowest BCUT2D eigenvalue weighted by molar-refractivity contribution is 0.817. The number of rotatable bonds is 3. The van der Waals surface area contributed by atoms with E-state index in [9.17, 15) is 4.79 Å². The van der Waals surface area contributed by atoms with E-state index < -0.39 is 0 Å². The van der Waals surface area contributed by atoms with E-state index in [4.69, 9.17) is 4.98 Å². The van der Waals surface area contributed by atoms with Crippen LogP contribution >= 0.6 is 0 Å². The Morgan fingerprint density at radius 2 is 1.76 bits per heavy atom. The molecule has 25 heavy (non-hydrogen) atoms. The molecule has 0 saturated heterocycles. The van der Waals surface area contributed by atoms with Crippen molar-refractivity contribution in [2.24, 2.45) is 0 Å². The Morgan fingerprint density at radius 1 is 1.00 bits per heavy atom. The van der Waals surface area contributed by atoms with Crippen LogP contribution in [0.25, 0.3) is 16.8 Å². The van der Waals surface area contributed by atoms with Gasteiger partial charge in [-0.1, -0.05) is 42.8 Å². The van der Waals surface area contributed by atoms with Gasteiger partial charge >= 0.3 is 0 Å². The maximum absolute atomic E-state index is 12.7. The third-order valence-corrected chi connectivity index (χ3v) is 4.80. The van der Waals surface area contributed by atoms with Crippen LogP contribution in [0.15, 0.2) is 53.3 Å². The lowest BCUT2D eigenvalue weighted by Crippen LogP contribution is -2.16. The molecule has 0 bridgehead atoms. The van der Waals surface area contributed by atoms with Crippen molar-refractivity contribution >= 4 is 16.8 Å². The summed E-state index contributed by atoms with van der Waals surface area (Å²) in [6, 6.07) is 16.1. The molecular formula is C21H21N3O. The van der Waals surface area contributed by atoms with Gasteiger partial charge in [-0.05, 0) is 43.5 Å². The molecule has 0 N–H and O–H groups in total. The Balaban J connectivity index is 2.05. The molecule has 0 amide bonds. The van der Waals surface area contributed by atoms with E-state index in [1.165, 1.54) is 16.7 Å². The summed E-state index contributed by atoms with van der Waals surface area (Å²) < 4.78 is 3.87. The van der Waals surface area contributed by atoms with Gasteiger partial charge in [0.05, 0.1) is 17.6 Å². The number of nitrogens with zero attached hydrogens (tertiary/aromatic N) is 3. The van der Waals surface area contributed by atoms with Crippen LogP contribution in [0, 0.1) is 13.8 Å². The zero-order valence-corrected chi connectivity index (χ0v) is 14.8. The van der Waals surface area contributed by atoms with Crippen LogP contribution in [0.2, 0.25) is 0 Å². The molecule has 2 aromatic heterocycles. The fourth-order valence-corrected chi connectivity index (χ4v) is 3.39. The number of aryl methyl sites for hydroxylation is 3. The van der Waals surface area contributed by atoms with Crippen molar-refractivity contribution in [3.8, 4) is 0 Å². The summed E-state index contributed by atoms with van der Waals surface area (Å²) in [5.41, 5.74) is 6.48. The Morgan fingerprint density at radius 3 is 2.52 bits per heavy atom. The lowest BCUT2D eigenvalue weighted by atomic mass is 10.1. The monoisotopic (exact) mass is 331 g/mol. The minimum Gasteiger partial charge on any atom is -0.305 e. The van der Waals surface area contributed by atoms with Gasteiger partial charge in [0.2, 0.25) is 5.78 Å². The van der Waals surface area contributed by atoms with Crippen molar-refractivity contribution in [1.29, 1.82) is 0 Å². The van der Waals surface area contributed by atoms with E-state index in [1.807, 2.05) is 25.1 Å². The zero-order valence-electron chi connectivity index (χ0n) is 14.8. The van der Waals surface area contributed by atoms with Crippen LogP contribution in [0.5, 0.6) is 0 Å². The second-order valence-corrected chi connectivity index (χ2v) is 6.58. The number of imidazole rings is 1. The molecule has 0 unspecified atom stereocenters. The highest BCUT2D eigenvalue weighted by Crippen LogP contribution is 2.21. The smallest absolute Gasteiger partial charge is 0.259 e. The van der Waals surface area contributed by atoms with Crippen LogP contribution in [0.3, 0.4) is 0 Å². The van der Waals surface area contributed by atoms with Crippen LogP contribution < -0.4 is 5.56 Å². The highest BCUT2D eigenvalue weighted by atomic mass is 16.1. The van der Waals surface area contributed by atoms with E-state index >= 15 is 0 Å². The van der Waals surface area contributed by atoms with Crippen LogP contribution in [-0.2, 0) is 13.0 Å². The standard InChI is InChI=1S/C21H21N3O/c1-4-17-12-20(25)24-19-8-6-5-7-18(19)23(21(24)22-17)13-16-11-14(2)9-10-15(16)3/h5-12H,4,13H2,1-3H3. The fourth-order valence-electron chi connectivity index (χ4n) is 3.39. The van der Waals surface area contributed by atoms with Crippen molar-refractivity contribution in [2.45, 2.75) is 33.7 Å². The van der Waals surface area contributed by atoms with E-state index in [1.54, 1.807) is 10.5 Å². The van der Waals surface area contributed by atoms with Gasteiger partial charge in [0.15, 0.2) is 0 Å². The van der Waals surface area contributed by atoms with Crippen LogP contribution in [0.4, 0.5) is 0 Å². The molecule has 4 aromatic rings. The molecule has 0 aliphatic heterocycles. The largest absolute Gasteiger partial charge is 0.305 e. The van der Waals surface area contributed by atoms with Gasteiger partial charge in [0, 0.05) is 11.8 Å². The van der Waals surface area contributed by atoms with Crippen molar-refractivity contribution in [3.05, 3.63) is 81.3 Å². The highest BCUT2D eigenvalue weighted by molar-refractivity contribution is 5.80. The molecule has 0 aliphatic rings. The Hall–Kier alpha value is -2.88. The van der Waals surface area contributed by atoms with E-state index in [-0.39, 0.29) is 5.56 Å². The van der Waals surface area contributed by atoms with Gasteiger partial charge in [-0.25, -0.2) is 9.38 Å². The van der Waals surface area contributed by atoms with Crippen molar-refractivity contribution < 1.29 is 0 Å². The van der Waals surface area contributed by atoms with Crippen molar-refractivity contribution in [3.63, 3.8) is 0 Å². The second kappa shape index (κ2) is 5.88. The number of aromatic nitrogens is 3. The number of hydrogen-bond donors (Lipinski definition) is 0. The first-order chi connectivity index (χ1) is 12.1. The summed E-state index contributed by atoms with van der Waals surface area (Å²) in [5.74, 6) is 0.714. The summed E-state index contributed by atoms with van der Waals surface area (Å²) in [6.07, 6.45) is 0.747. The molecule has 0 fully saturated rings. The van der Waals surface area contributed by atoms with E-state index in [0.717, 1.165) is 23.1 Å². The molecule has 0 atom stereocenters. The normalized spacial score (nSPS) is 11.5. The minimum atomic E-state index is -0.0160. The lowest BCUT2D eigenvalue weighted by Gasteiger charge is -2.10. The molecule has 0 spiro atoms. The van der Waals surface area contributed by atoms with Crippen LogP contribution in [0.1, 0.15) is 29.3 Å². The third kappa shape index (κ3) is 2.54. The maximum Gasteiger partial charge on any atom is 0.259 e. The molecule has 0 radical (unpaired) electrons. The maximum atomic E-state index is 12.7. The van der Waals surface area contributed by atoms with Gasteiger partial charge < -0.3 is 4.57 Å². The zero-order chi connectivity index (χ0) is 17.6. The quantitative estimate of drug-likeness (QED) is 0.571. The molecule has 126 valence electrons. The topological polar surface area (TPSA) is 39.3 Å². The summed E-state index contributed by atoms with van der Waals surface area (Å²) in [6.45, 7) is 6.95. The van der Waals surface area contributed by atoms with Gasteiger partial charge in [0.25, 0.3) is 5.56 Å². The number of fused-ring (bicyclic) bond motifs is 3. The molecule has 2 heterocycles. The molecule has 0 saturated carbocycles. The van der Waals surface area contributed by atoms with Crippen molar-refractivity contribution in [2.75, 3.05) is 0 Å². The van der Waals surface area contributed by atoms with Gasteiger partial charge in [-0.3, -0.25) is 4.79 Å². The molecule has 4 nitrogen and oxygen atoms in total. The predicted octanol–water partition coefficient (Wildman–Crippen LogP) is 3.88. The summed E-state index contributed by atoms with van der Waals surface area (Å²) in [7, 11) is 0. The number of para-hydroxylation sites is 2. The van der Waals surface area contributed by atoms with Gasteiger partial charge in [0.1, 0.15) is 0 Å². The Kier molecular flexibility index (Phi) is 3.68. The first-order valence-electron chi connectivity index (χ1n) is 8.64. The average Bonchev–Trinajstić information content (AvgIpc) is 2.92. The van der Waals surface area contributed by atoms with Crippen molar-refractivity contribution in [1.82, 2.24) is 14.0 Å². The van der Waals surface area contributed by atoms with E-state index in [0.29, 0.717) is 12.3 Å². The first-order valence-corrected chi connectivity index (χ1v) is 8.64. The van der Waals surface area contributed by atoms with Gasteiger partial charge in [-0.15, -0.1) is 0 Å². The van der Waals surface area contributed by atoms with E-state index in [2.05, 4.69) is 42.7 Å². The SMILES string of the molecule is CCc1cc(=O)n2c3ccccc3n(Cc3cc(C)ccc3C)c2n1. The van der Waals surface area contributed by atoms with Gasteiger partial charge in [-0.2, -0.15) is 0 Å². The Labute approximate surface area is 146 Å². The third-order valence-electron chi connectivity index (χ3n) is 4.80. The molecule has 4 rings (SSSR count). The minimum absolute atomic E-state index is 0.0160. The predicted molar refractivity (Wildman–Crippen MR) is 101 cm³/mol. The molecule has 2 aromatic carbocycles. The molecular weight excluding hydrogens is 310 g/mol. The average molecular weight is 331 g/mol. The highest BCUT2D eigenvalue weighted by Gasteiger charge is 2.15. The molecule has 4 heteroatoms. The Bertz CT molecular complexity index is 1150. The van der Waals surface area contributed by atoms with Crippen LogP contribution in [-0.4, -0.2) is 14.0 Å².